The minimum Gasteiger partial charge on any atom is -0.497 e. The first-order valence-corrected chi connectivity index (χ1v) is 9.13. The third-order valence-corrected chi connectivity index (χ3v) is 5.57. The fraction of sp³-hybridized carbons (Fsp3) is 0.263. The van der Waals surface area contributed by atoms with Gasteiger partial charge in [-0.1, -0.05) is 23.5 Å². The number of para-hydroxylation sites is 1. The fourth-order valence-electron chi connectivity index (χ4n) is 2.93. The van der Waals surface area contributed by atoms with E-state index < -0.39 is 0 Å². The van der Waals surface area contributed by atoms with Gasteiger partial charge >= 0.3 is 0 Å². The Bertz CT molecular complexity index is 917. The summed E-state index contributed by atoms with van der Waals surface area (Å²) >= 11 is 1.66. The van der Waals surface area contributed by atoms with Crippen LogP contribution in [0.1, 0.15) is 0 Å². The molecule has 1 saturated heterocycles. The normalized spacial score (nSPS) is 14.2. The van der Waals surface area contributed by atoms with Gasteiger partial charge < -0.3 is 19.7 Å². The van der Waals surface area contributed by atoms with E-state index in [1.54, 1.807) is 43.8 Å². The van der Waals surface area contributed by atoms with Crippen LogP contribution < -0.4 is 19.7 Å². The van der Waals surface area contributed by atoms with Crippen LogP contribution in [-0.4, -0.2) is 38.2 Å². The number of thiazole rings is 1. The highest BCUT2D eigenvalue weighted by atomic mass is 32.1. The number of anilines is 2. The number of aromatic nitrogens is 1. The van der Waals surface area contributed by atoms with Gasteiger partial charge in [-0.05, 0) is 24.3 Å². The van der Waals surface area contributed by atoms with E-state index in [9.17, 15) is 4.79 Å². The molecule has 1 aliphatic rings. The monoisotopic (exact) mass is 369 g/mol. The lowest BCUT2D eigenvalue weighted by Crippen LogP contribution is -2.52. The van der Waals surface area contributed by atoms with Crippen LogP contribution in [0.25, 0.3) is 10.2 Å². The van der Waals surface area contributed by atoms with Crippen LogP contribution in [0.5, 0.6) is 11.5 Å². The van der Waals surface area contributed by atoms with E-state index in [1.165, 1.54) is 4.70 Å². The molecule has 0 atom stereocenters. The predicted octanol–water partition coefficient (Wildman–Crippen LogP) is 3.39. The molecule has 26 heavy (non-hydrogen) atoms. The second-order valence-electron chi connectivity index (χ2n) is 6.12. The SMILES string of the molecule is COc1ccc(NC(=O)C2CN(c3nc4ccccc4s3)C2)c(OC)c1. The zero-order valence-corrected chi connectivity index (χ0v) is 15.4. The number of hydrogen-bond donors (Lipinski definition) is 1. The summed E-state index contributed by atoms with van der Waals surface area (Å²) in [6, 6.07) is 13.4. The van der Waals surface area contributed by atoms with E-state index in [-0.39, 0.29) is 11.8 Å². The van der Waals surface area contributed by atoms with Crippen LogP contribution in [0, 0.1) is 5.92 Å². The lowest BCUT2D eigenvalue weighted by molar-refractivity contribution is -0.120. The number of benzene rings is 2. The van der Waals surface area contributed by atoms with Gasteiger partial charge in [0.2, 0.25) is 5.91 Å². The average molecular weight is 369 g/mol. The third-order valence-electron chi connectivity index (χ3n) is 4.47. The molecule has 6 nitrogen and oxygen atoms in total. The minimum atomic E-state index is -0.0613. The number of hydrogen-bond acceptors (Lipinski definition) is 6. The van der Waals surface area contributed by atoms with Crippen LogP contribution in [0.15, 0.2) is 42.5 Å². The number of rotatable bonds is 5. The van der Waals surface area contributed by atoms with E-state index in [2.05, 4.69) is 21.3 Å². The molecule has 0 radical (unpaired) electrons. The molecule has 1 aliphatic heterocycles. The molecule has 4 rings (SSSR count). The van der Waals surface area contributed by atoms with Gasteiger partial charge in [0.25, 0.3) is 0 Å². The highest BCUT2D eigenvalue weighted by molar-refractivity contribution is 7.22. The summed E-state index contributed by atoms with van der Waals surface area (Å²) in [6.45, 7) is 1.34. The number of carbonyl (C=O) groups is 1. The molecule has 134 valence electrons. The van der Waals surface area contributed by atoms with E-state index in [1.807, 2.05) is 18.2 Å². The summed E-state index contributed by atoms with van der Waals surface area (Å²) in [5.41, 5.74) is 1.65. The Morgan fingerprint density at radius 2 is 2.00 bits per heavy atom. The van der Waals surface area contributed by atoms with Crippen LogP contribution in [-0.2, 0) is 4.79 Å². The van der Waals surface area contributed by atoms with Gasteiger partial charge in [0.15, 0.2) is 5.13 Å². The van der Waals surface area contributed by atoms with Crippen molar-refractivity contribution in [2.24, 2.45) is 5.92 Å². The number of carbonyl (C=O) groups excluding carboxylic acids is 1. The number of nitrogens with one attached hydrogen (secondary N) is 1. The van der Waals surface area contributed by atoms with Crippen molar-refractivity contribution in [1.82, 2.24) is 4.98 Å². The molecule has 7 heteroatoms. The Kier molecular flexibility index (Phi) is 4.38. The minimum absolute atomic E-state index is 0.00849. The van der Waals surface area contributed by atoms with Crippen molar-refractivity contribution >= 4 is 38.3 Å². The Balaban J connectivity index is 1.40. The van der Waals surface area contributed by atoms with E-state index in [0.29, 0.717) is 30.3 Å². The van der Waals surface area contributed by atoms with Crippen molar-refractivity contribution < 1.29 is 14.3 Å². The van der Waals surface area contributed by atoms with Gasteiger partial charge in [-0.15, -0.1) is 0 Å². The van der Waals surface area contributed by atoms with Crippen molar-refractivity contribution in [2.45, 2.75) is 0 Å². The Morgan fingerprint density at radius 3 is 2.73 bits per heavy atom. The molecule has 1 fully saturated rings. The lowest BCUT2D eigenvalue weighted by Gasteiger charge is -2.38. The maximum Gasteiger partial charge on any atom is 0.231 e. The molecular formula is C19H19N3O3S. The van der Waals surface area contributed by atoms with Gasteiger partial charge in [0, 0.05) is 19.2 Å². The van der Waals surface area contributed by atoms with Crippen LogP contribution in [0.2, 0.25) is 0 Å². The van der Waals surface area contributed by atoms with Crippen molar-refractivity contribution in [2.75, 3.05) is 37.5 Å². The highest BCUT2D eigenvalue weighted by Crippen LogP contribution is 2.34. The maximum absolute atomic E-state index is 12.5. The van der Waals surface area contributed by atoms with Gasteiger partial charge in [0.05, 0.1) is 36.0 Å². The molecule has 1 aromatic heterocycles. The lowest BCUT2D eigenvalue weighted by atomic mass is 10.00. The van der Waals surface area contributed by atoms with E-state index in [0.717, 1.165) is 10.6 Å². The van der Waals surface area contributed by atoms with Crippen molar-refractivity contribution in [3.8, 4) is 11.5 Å². The van der Waals surface area contributed by atoms with Gasteiger partial charge in [-0.25, -0.2) is 4.98 Å². The standard InChI is InChI=1S/C19H19N3O3S/c1-24-13-7-8-14(16(9-13)25-2)20-18(23)12-10-22(11-12)19-21-15-5-3-4-6-17(15)26-19/h3-9,12H,10-11H2,1-2H3,(H,20,23). The van der Waals surface area contributed by atoms with Crippen molar-refractivity contribution in [1.29, 1.82) is 0 Å². The van der Waals surface area contributed by atoms with Crippen LogP contribution in [0.3, 0.4) is 0 Å². The molecule has 0 bridgehead atoms. The molecular weight excluding hydrogens is 350 g/mol. The number of fused-ring (bicyclic) bond motifs is 1. The molecule has 2 aromatic carbocycles. The summed E-state index contributed by atoms with van der Waals surface area (Å²) in [6.07, 6.45) is 0. The second-order valence-corrected chi connectivity index (χ2v) is 7.13. The molecule has 2 heterocycles. The maximum atomic E-state index is 12.5. The highest BCUT2D eigenvalue weighted by Gasteiger charge is 2.34. The first-order valence-electron chi connectivity index (χ1n) is 8.31. The van der Waals surface area contributed by atoms with E-state index >= 15 is 0 Å². The third kappa shape index (κ3) is 3.06. The molecule has 0 unspecified atom stereocenters. The molecule has 3 aromatic rings. The molecule has 0 aliphatic carbocycles. The van der Waals surface area contributed by atoms with Gasteiger partial charge in [-0.3, -0.25) is 4.79 Å². The zero-order chi connectivity index (χ0) is 18.1. The molecule has 1 N–H and O–H groups in total. The number of ether oxygens (including phenoxy) is 2. The Labute approximate surface area is 155 Å². The largest absolute Gasteiger partial charge is 0.497 e. The predicted molar refractivity (Wildman–Crippen MR) is 103 cm³/mol. The van der Waals surface area contributed by atoms with Gasteiger partial charge in [0.1, 0.15) is 11.5 Å². The first-order chi connectivity index (χ1) is 12.7. The number of methoxy groups -OCH3 is 2. The number of amides is 1. The zero-order valence-electron chi connectivity index (χ0n) is 14.6. The Hall–Kier alpha value is -2.80. The molecule has 0 saturated carbocycles. The fourth-order valence-corrected chi connectivity index (χ4v) is 3.92. The second kappa shape index (κ2) is 6.84. The topological polar surface area (TPSA) is 63.7 Å². The average Bonchev–Trinajstić information content (AvgIpc) is 3.04. The van der Waals surface area contributed by atoms with Crippen LogP contribution >= 0.6 is 11.3 Å². The molecule has 1 amide bonds. The first kappa shape index (κ1) is 16.7. The van der Waals surface area contributed by atoms with E-state index in [4.69, 9.17) is 9.47 Å². The smallest absolute Gasteiger partial charge is 0.231 e. The summed E-state index contributed by atoms with van der Waals surface area (Å²) in [7, 11) is 3.17. The van der Waals surface area contributed by atoms with Crippen molar-refractivity contribution in [3.05, 3.63) is 42.5 Å². The summed E-state index contributed by atoms with van der Waals surface area (Å²) < 4.78 is 11.7. The molecule has 0 spiro atoms. The van der Waals surface area contributed by atoms with Crippen LogP contribution in [0.4, 0.5) is 10.8 Å². The Morgan fingerprint density at radius 1 is 1.19 bits per heavy atom. The summed E-state index contributed by atoms with van der Waals surface area (Å²) in [5.74, 6) is 1.20. The van der Waals surface area contributed by atoms with Gasteiger partial charge in [-0.2, -0.15) is 0 Å². The summed E-state index contributed by atoms with van der Waals surface area (Å²) in [4.78, 5) is 19.3. The summed E-state index contributed by atoms with van der Waals surface area (Å²) in [5, 5.41) is 3.92. The quantitative estimate of drug-likeness (QED) is 0.747. The number of nitrogens with zero attached hydrogens (tertiary/aromatic N) is 2. The van der Waals surface area contributed by atoms with Crippen molar-refractivity contribution in [3.63, 3.8) is 0 Å².